The van der Waals surface area contributed by atoms with Gasteiger partial charge in [0.2, 0.25) is 0 Å². The minimum Gasteiger partial charge on any atom is -0.389 e. The van der Waals surface area contributed by atoms with Gasteiger partial charge in [-0.15, -0.1) is 6.58 Å². The molecular formula is C11H18O2. The van der Waals surface area contributed by atoms with E-state index in [1.54, 1.807) is 18.2 Å². The highest BCUT2D eigenvalue weighted by atomic mass is 16.3. The van der Waals surface area contributed by atoms with Crippen molar-refractivity contribution in [2.24, 2.45) is 0 Å². The minimum absolute atomic E-state index is 0.501. The molecular weight excluding hydrogens is 164 g/mol. The Hall–Kier alpha value is -0.860. The van der Waals surface area contributed by atoms with Gasteiger partial charge in [0.15, 0.2) is 0 Å². The largest absolute Gasteiger partial charge is 0.389 e. The van der Waals surface area contributed by atoms with Gasteiger partial charge in [0.05, 0.1) is 12.2 Å². The maximum Gasteiger partial charge on any atom is 0.0902 e. The van der Waals surface area contributed by atoms with Gasteiger partial charge in [-0.2, -0.15) is 0 Å². The number of hydrogen-bond acceptors (Lipinski definition) is 2. The Kier molecular flexibility index (Phi) is 7.26. The van der Waals surface area contributed by atoms with Gasteiger partial charge in [0, 0.05) is 0 Å². The van der Waals surface area contributed by atoms with E-state index >= 15 is 0 Å². The van der Waals surface area contributed by atoms with Crippen LogP contribution in [-0.4, -0.2) is 22.4 Å². The molecule has 0 aromatic rings. The zero-order chi connectivity index (χ0) is 10.1. The molecule has 2 atom stereocenters. The Morgan fingerprint density at radius 2 is 1.85 bits per heavy atom. The van der Waals surface area contributed by atoms with Gasteiger partial charge in [-0.3, -0.25) is 0 Å². The van der Waals surface area contributed by atoms with Crippen LogP contribution >= 0.6 is 0 Å². The van der Waals surface area contributed by atoms with Crippen molar-refractivity contribution in [3.63, 3.8) is 0 Å². The van der Waals surface area contributed by atoms with Crippen LogP contribution in [0.3, 0.4) is 0 Å². The summed E-state index contributed by atoms with van der Waals surface area (Å²) >= 11 is 0. The lowest BCUT2D eigenvalue weighted by Crippen LogP contribution is -2.00. The predicted molar refractivity (Wildman–Crippen MR) is 55.4 cm³/mol. The Bertz CT molecular complexity index is 183. The van der Waals surface area contributed by atoms with Crippen LogP contribution in [0.25, 0.3) is 0 Å². The molecule has 0 amide bonds. The second kappa shape index (κ2) is 7.77. The lowest BCUT2D eigenvalue weighted by atomic mass is 10.2. The molecule has 0 aliphatic carbocycles. The summed E-state index contributed by atoms with van der Waals surface area (Å²) < 4.78 is 0. The van der Waals surface area contributed by atoms with E-state index in [2.05, 4.69) is 6.58 Å². The molecule has 2 unspecified atom stereocenters. The smallest absolute Gasteiger partial charge is 0.0902 e. The number of rotatable bonds is 6. The van der Waals surface area contributed by atoms with E-state index in [4.69, 9.17) is 5.11 Å². The van der Waals surface area contributed by atoms with Gasteiger partial charge in [0.1, 0.15) is 0 Å². The van der Waals surface area contributed by atoms with E-state index in [0.717, 1.165) is 6.42 Å². The molecule has 74 valence electrons. The molecule has 0 aliphatic rings. The molecule has 0 aliphatic heterocycles. The quantitative estimate of drug-likeness (QED) is 0.615. The van der Waals surface area contributed by atoms with E-state index in [0.29, 0.717) is 6.42 Å². The summed E-state index contributed by atoms with van der Waals surface area (Å²) in [7, 11) is 0. The first-order valence-electron chi connectivity index (χ1n) is 4.52. The topological polar surface area (TPSA) is 40.5 Å². The third kappa shape index (κ3) is 7.50. The number of aliphatic hydroxyl groups is 2. The Morgan fingerprint density at radius 3 is 2.38 bits per heavy atom. The minimum atomic E-state index is -0.544. The molecule has 0 heterocycles. The van der Waals surface area contributed by atoms with E-state index < -0.39 is 12.2 Å². The molecule has 0 aromatic heterocycles. The van der Waals surface area contributed by atoms with Crippen LogP contribution < -0.4 is 0 Å². The molecule has 0 radical (unpaired) electrons. The molecule has 13 heavy (non-hydrogen) atoms. The Labute approximate surface area is 79.9 Å². The molecule has 2 heteroatoms. The fraction of sp³-hybridized carbons (Fsp3) is 0.455. The maximum absolute atomic E-state index is 9.28. The standard InChI is InChI=1S/C11H18O2/c1-3-5-7-11(13)9-6-8-10(12)4-2/h4-7,9-13H,2-3,8H2,1H3/b7-5-,9-6-. The summed E-state index contributed by atoms with van der Waals surface area (Å²) in [5.74, 6) is 0. The summed E-state index contributed by atoms with van der Waals surface area (Å²) in [5.41, 5.74) is 0. The van der Waals surface area contributed by atoms with Crippen molar-refractivity contribution in [3.8, 4) is 0 Å². The normalized spacial score (nSPS) is 16.5. The first kappa shape index (κ1) is 12.1. The van der Waals surface area contributed by atoms with Crippen LogP contribution in [0.1, 0.15) is 19.8 Å². The molecule has 2 nitrogen and oxygen atoms in total. The van der Waals surface area contributed by atoms with Gasteiger partial charge in [0.25, 0.3) is 0 Å². The lowest BCUT2D eigenvalue weighted by molar-refractivity contribution is 0.226. The third-order valence-electron chi connectivity index (χ3n) is 1.55. The number of aliphatic hydroxyl groups excluding tert-OH is 2. The van der Waals surface area contributed by atoms with Gasteiger partial charge >= 0.3 is 0 Å². The van der Waals surface area contributed by atoms with Crippen LogP contribution in [0, 0.1) is 0 Å². The second-order valence-electron chi connectivity index (χ2n) is 2.79. The fourth-order valence-corrected chi connectivity index (χ4v) is 0.793. The first-order chi connectivity index (χ1) is 6.20. The number of hydrogen-bond donors (Lipinski definition) is 2. The monoisotopic (exact) mass is 182 g/mol. The van der Waals surface area contributed by atoms with Crippen molar-refractivity contribution >= 4 is 0 Å². The Balaban J connectivity index is 3.70. The molecule has 0 bridgehead atoms. The highest BCUT2D eigenvalue weighted by molar-refractivity contribution is 5.02. The molecule has 0 fully saturated rings. The summed E-state index contributed by atoms with van der Waals surface area (Å²) in [6, 6.07) is 0. The average molecular weight is 182 g/mol. The van der Waals surface area contributed by atoms with Crippen LogP contribution in [0.15, 0.2) is 37.0 Å². The van der Waals surface area contributed by atoms with Crippen molar-refractivity contribution in [1.29, 1.82) is 0 Å². The van der Waals surface area contributed by atoms with Crippen molar-refractivity contribution < 1.29 is 10.2 Å². The summed E-state index contributed by atoms with van der Waals surface area (Å²) in [6.45, 7) is 5.46. The van der Waals surface area contributed by atoms with E-state index in [1.165, 1.54) is 6.08 Å². The van der Waals surface area contributed by atoms with Crippen LogP contribution in [0.5, 0.6) is 0 Å². The average Bonchev–Trinajstić information content (AvgIpc) is 2.14. The second-order valence-corrected chi connectivity index (χ2v) is 2.79. The van der Waals surface area contributed by atoms with Gasteiger partial charge < -0.3 is 10.2 Å². The van der Waals surface area contributed by atoms with Crippen molar-refractivity contribution in [3.05, 3.63) is 37.0 Å². The molecule has 0 saturated carbocycles. The third-order valence-corrected chi connectivity index (χ3v) is 1.55. The fourth-order valence-electron chi connectivity index (χ4n) is 0.793. The van der Waals surface area contributed by atoms with Crippen molar-refractivity contribution in [1.82, 2.24) is 0 Å². The van der Waals surface area contributed by atoms with Crippen LogP contribution in [-0.2, 0) is 0 Å². The summed E-state index contributed by atoms with van der Waals surface area (Å²) in [5, 5.41) is 18.4. The van der Waals surface area contributed by atoms with Gasteiger partial charge in [-0.05, 0) is 12.8 Å². The predicted octanol–water partition coefficient (Wildman–Crippen LogP) is 1.81. The Morgan fingerprint density at radius 1 is 1.23 bits per heavy atom. The molecule has 0 spiro atoms. The zero-order valence-corrected chi connectivity index (χ0v) is 8.06. The lowest BCUT2D eigenvalue weighted by Gasteiger charge is -2.00. The van der Waals surface area contributed by atoms with E-state index in [1.807, 2.05) is 13.0 Å². The highest BCUT2D eigenvalue weighted by Gasteiger charge is 1.94. The van der Waals surface area contributed by atoms with Gasteiger partial charge in [-0.25, -0.2) is 0 Å². The first-order valence-corrected chi connectivity index (χ1v) is 4.52. The van der Waals surface area contributed by atoms with Gasteiger partial charge in [-0.1, -0.05) is 37.3 Å². The summed E-state index contributed by atoms with van der Waals surface area (Å²) in [4.78, 5) is 0. The van der Waals surface area contributed by atoms with Crippen molar-refractivity contribution in [2.75, 3.05) is 0 Å². The SMILES string of the molecule is C=CC(O)C/C=C\C(O)/C=C\CC. The zero-order valence-electron chi connectivity index (χ0n) is 8.06. The van der Waals surface area contributed by atoms with Crippen LogP contribution in [0.2, 0.25) is 0 Å². The molecule has 0 rings (SSSR count). The summed E-state index contributed by atoms with van der Waals surface area (Å²) in [6.07, 6.45) is 8.85. The van der Waals surface area contributed by atoms with Crippen molar-refractivity contribution in [2.45, 2.75) is 32.0 Å². The molecule has 2 N–H and O–H groups in total. The van der Waals surface area contributed by atoms with E-state index in [9.17, 15) is 5.11 Å². The number of allylic oxidation sites excluding steroid dienone is 1. The van der Waals surface area contributed by atoms with E-state index in [-0.39, 0.29) is 0 Å². The molecule has 0 saturated heterocycles. The van der Waals surface area contributed by atoms with Crippen LogP contribution in [0.4, 0.5) is 0 Å². The highest BCUT2D eigenvalue weighted by Crippen LogP contribution is 1.97. The molecule has 0 aromatic carbocycles. The maximum atomic E-state index is 9.28.